The summed E-state index contributed by atoms with van der Waals surface area (Å²) in [6.07, 6.45) is 0. The van der Waals surface area contributed by atoms with E-state index in [1.165, 1.54) is 0 Å². The Morgan fingerprint density at radius 1 is 1.55 bits per heavy atom. The van der Waals surface area contributed by atoms with Crippen LogP contribution in [-0.4, -0.2) is 15.0 Å². The zero-order chi connectivity index (χ0) is 8.27. The third kappa shape index (κ3) is 1.35. The zero-order valence-corrected chi connectivity index (χ0v) is 6.59. The molecule has 0 bridgehead atoms. The first-order valence-corrected chi connectivity index (χ1v) is 3.33. The smallest absolute Gasteiger partial charge is 0.145 e. The molecule has 0 saturated carbocycles. The first kappa shape index (κ1) is 7.68. The molecule has 0 heterocycles. The van der Waals surface area contributed by atoms with E-state index < -0.39 is 0 Å². The lowest BCUT2D eigenvalue weighted by molar-refractivity contribution is 0.418. The Labute approximate surface area is 66.8 Å². The van der Waals surface area contributed by atoms with Gasteiger partial charge in [0, 0.05) is 5.56 Å². The largest absolute Gasteiger partial charge is 0.497 e. The normalized spacial score (nSPS) is 8.73. The Bertz CT molecular complexity index is 303. The van der Waals surface area contributed by atoms with Crippen LogP contribution in [0.5, 0.6) is 5.75 Å². The minimum atomic E-state index is 0.671. The van der Waals surface area contributed by atoms with Crippen molar-refractivity contribution in [1.29, 1.82) is 5.26 Å². The summed E-state index contributed by atoms with van der Waals surface area (Å²) >= 11 is 0. The average Bonchev–Trinajstić information content (AvgIpc) is 2.05. The fourth-order valence-electron chi connectivity index (χ4n) is 0.957. The van der Waals surface area contributed by atoms with E-state index in [4.69, 9.17) is 10.00 Å². The van der Waals surface area contributed by atoms with Gasteiger partial charge in [-0.15, -0.1) is 0 Å². The van der Waals surface area contributed by atoms with Crippen LogP contribution < -0.4 is 10.2 Å². The van der Waals surface area contributed by atoms with Crippen LogP contribution in [-0.2, 0) is 0 Å². The lowest BCUT2D eigenvalue weighted by Crippen LogP contribution is -2.10. The maximum Gasteiger partial charge on any atom is 0.145 e. The van der Waals surface area contributed by atoms with Gasteiger partial charge in [-0.3, -0.25) is 0 Å². The Morgan fingerprint density at radius 2 is 2.27 bits per heavy atom. The van der Waals surface area contributed by atoms with Gasteiger partial charge in [0.2, 0.25) is 0 Å². The van der Waals surface area contributed by atoms with E-state index in [0.717, 1.165) is 11.2 Å². The molecular formula is C8H8BNO. The van der Waals surface area contributed by atoms with Gasteiger partial charge >= 0.3 is 0 Å². The number of rotatable bonds is 1. The standard InChI is InChI=1S/C8H8BNO/c1-11-7-4-2-3-6(5-10)8(7)9/h2-4H,9H2,1H3. The number of nitriles is 1. The Balaban J connectivity index is 3.23. The lowest BCUT2D eigenvalue weighted by atomic mass is 9.90. The molecule has 0 atom stereocenters. The maximum atomic E-state index is 8.63. The molecule has 0 N–H and O–H groups in total. The summed E-state index contributed by atoms with van der Waals surface area (Å²) < 4.78 is 5.04. The Morgan fingerprint density at radius 3 is 2.82 bits per heavy atom. The van der Waals surface area contributed by atoms with Crippen molar-refractivity contribution in [2.24, 2.45) is 0 Å². The molecule has 0 amide bonds. The Hall–Kier alpha value is -1.43. The molecule has 0 fully saturated rings. The summed E-state index contributed by atoms with van der Waals surface area (Å²) in [5.74, 6) is 0.768. The SMILES string of the molecule is Bc1c(C#N)cccc1OC. The van der Waals surface area contributed by atoms with Crippen LogP contribution in [0.25, 0.3) is 0 Å². The number of hydrogen-bond donors (Lipinski definition) is 0. The highest BCUT2D eigenvalue weighted by atomic mass is 16.5. The van der Waals surface area contributed by atoms with Crippen molar-refractivity contribution in [1.82, 2.24) is 0 Å². The van der Waals surface area contributed by atoms with Crippen LogP contribution in [0.2, 0.25) is 0 Å². The zero-order valence-electron chi connectivity index (χ0n) is 6.59. The number of benzene rings is 1. The molecule has 11 heavy (non-hydrogen) atoms. The lowest BCUT2D eigenvalue weighted by Gasteiger charge is -2.04. The molecule has 0 saturated heterocycles. The van der Waals surface area contributed by atoms with Gasteiger partial charge in [0.15, 0.2) is 0 Å². The molecule has 1 aromatic carbocycles. The molecule has 3 heteroatoms. The summed E-state index contributed by atoms with van der Waals surface area (Å²) in [6.45, 7) is 0. The Kier molecular flexibility index (Phi) is 2.17. The third-order valence-corrected chi connectivity index (χ3v) is 1.62. The minimum absolute atomic E-state index is 0.671. The van der Waals surface area contributed by atoms with E-state index in [1.807, 2.05) is 20.0 Å². The van der Waals surface area contributed by atoms with E-state index in [2.05, 4.69) is 6.07 Å². The third-order valence-electron chi connectivity index (χ3n) is 1.62. The molecule has 0 aliphatic rings. The van der Waals surface area contributed by atoms with E-state index >= 15 is 0 Å². The number of nitrogens with zero attached hydrogens (tertiary/aromatic N) is 1. The van der Waals surface area contributed by atoms with Gasteiger partial charge in [-0.05, 0) is 17.6 Å². The maximum absolute atomic E-state index is 8.63. The van der Waals surface area contributed by atoms with Gasteiger partial charge in [0.25, 0.3) is 0 Å². The van der Waals surface area contributed by atoms with Crippen LogP contribution in [0.3, 0.4) is 0 Å². The highest BCUT2D eigenvalue weighted by molar-refractivity contribution is 6.35. The molecule has 1 rings (SSSR count). The van der Waals surface area contributed by atoms with Crippen LogP contribution in [0.15, 0.2) is 18.2 Å². The summed E-state index contributed by atoms with van der Waals surface area (Å²) in [6, 6.07) is 7.52. The first-order chi connectivity index (χ1) is 5.29. The fraction of sp³-hybridized carbons (Fsp3) is 0.125. The summed E-state index contributed by atoms with van der Waals surface area (Å²) in [4.78, 5) is 0. The minimum Gasteiger partial charge on any atom is -0.497 e. The van der Waals surface area contributed by atoms with Crippen LogP contribution in [0.4, 0.5) is 0 Å². The van der Waals surface area contributed by atoms with Crippen LogP contribution in [0.1, 0.15) is 5.56 Å². The molecule has 0 spiro atoms. The second-order valence-corrected chi connectivity index (χ2v) is 2.24. The molecule has 0 aliphatic heterocycles. The fourth-order valence-corrected chi connectivity index (χ4v) is 0.957. The molecule has 2 nitrogen and oxygen atoms in total. The van der Waals surface area contributed by atoms with Gasteiger partial charge in [0.05, 0.1) is 13.2 Å². The van der Waals surface area contributed by atoms with Crippen LogP contribution in [0, 0.1) is 11.3 Å². The molecule has 1 aromatic rings. The topological polar surface area (TPSA) is 33.0 Å². The highest BCUT2D eigenvalue weighted by Gasteiger charge is 2.00. The summed E-state index contributed by atoms with van der Waals surface area (Å²) in [7, 11) is 3.47. The van der Waals surface area contributed by atoms with Crippen molar-refractivity contribution in [3.63, 3.8) is 0 Å². The van der Waals surface area contributed by atoms with Crippen molar-refractivity contribution >= 4 is 13.3 Å². The summed E-state index contributed by atoms with van der Waals surface area (Å²) in [5, 5.41) is 8.63. The molecular weight excluding hydrogens is 137 g/mol. The molecule has 0 radical (unpaired) electrons. The monoisotopic (exact) mass is 145 g/mol. The van der Waals surface area contributed by atoms with Crippen molar-refractivity contribution in [2.75, 3.05) is 7.11 Å². The number of hydrogen-bond acceptors (Lipinski definition) is 2. The van der Waals surface area contributed by atoms with E-state index in [-0.39, 0.29) is 0 Å². The highest BCUT2D eigenvalue weighted by Crippen LogP contribution is 2.06. The predicted molar refractivity (Wildman–Crippen MR) is 45.9 cm³/mol. The molecule has 0 aromatic heterocycles. The van der Waals surface area contributed by atoms with Crippen molar-refractivity contribution in [3.8, 4) is 11.8 Å². The van der Waals surface area contributed by atoms with Gasteiger partial charge in [-0.2, -0.15) is 5.26 Å². The van der Waals surface area contributed by atoms with Crippen molar-refractivity contribution < 1.29 is 4.74 Å². The molecule has 0 aliphatic carbocycles. The number of methoxy groups -OCH3 is 1. The van der Waals surface area contributed by atoms with Gasteiger partial charge in [-0.1, -0.05) is 6.07 Å². The van der Waals surface area contributed by atoms with E-state index in [0.29, 0.717) is 5.56 Å². The molecule has 54 valence electrons. The van der Waals surface area contributed by atoms with E-state index in [1.54, 1.807) is 13.2 Å². The van der Waals surface area contributed by atoms with Crippen LogP contribution >= 0.6 is 0 Å². The number of ether oxygens (including phenoxy) is 1. The summed E-state index contributed by atoms with van der Waals surface area (Å²) in [5.41, 5.74) is 1.57. The molecule has 0 unspecified atom stereocenters. The average molecular weight is 145 g/mol. The first-order valence-electron chi connectivity index (χ1n) is 3.33. The van der Waals surface area contributed by atoms with Gasteiger partial charge < -0.3 is 4.74 Å². The van der Waals surface area contributed by atoms with Gasteiger partial charge in [0.1, 0.15) is 13.6 Å². The predicted octanol–water partition coefficient (Wildman–Crippen LogP) is -0.175. The van der Waals surface area contributed by atoms with Crippen molar-refractivity contribution in [3.05, 3.63) is 23.8 Å². The van der Waals surface area contributed by atoms with Crippen molar-refractivity contribution in [2.45, 2.75) is 0 Å². The second kappa shape index (κ2) is 3.11. The van der Waals surface area contributed by atoms with E-state index in [9.17, 15) is 0 Å². The second-order valence-electron chi connectivity index (χ2n) is 2.24. The quantitative estimate of drug-likeness (QED) is 0.513. The van der Waals surface area contributed by atoms with Gasteiger partial charge in [-0.25, -0.2) is 0 Å².